The second kappa shape index (κ2) is 10.3. The molecule has 4 atom stereocenters. The fourth-order valence-electron chi connectivity index (χ4n) is 4.09. The molecular formula is C25H33FN2O4. The minimum atomic E-state index is -0.876. The van der Waals surface area contributed by atoms with E-state index in [4.69, 9.17) is 9.47 Å². The molecule has 32 heavy (non-hydrogen) atoms. The van der Waals surface area contributed by atoms with Gasteiger partial charge in [-0.05, 0) is 51.9 Å². The van der Waals surface area contributed by atoms with E-state index in [1.807, 2.05) is 30.1 Å². The van der Waals surface area contributed by atoms with Crippen LogP contribution in [-0.4, -0.2) is 59.6 Å². The van der Waals surface area contributed by atoms with Crippen LogP contribution in [0.15, 0.2) is 54.6 Å². The second-order valence-corrected chi connectivity index (χ2v) is 9.30. The summed E-state index contributed by atoms with van der Waals surface area (Å²) < 4.78 is 24.9. The third kappa shape index (κ3) is 6.68. The number of aliphatic hydroxyl groups excluding tert-OH is 1. The summed E-state index contributed by atoms with van der Waals surface area (Å²) in [7, 11) is 1.92. The quantitative estimate of drug-likeness (QED) is 0.680. The Balaban J connectivity index is 1.73. The minimum Gasteiger partial charge on any atom is -0.487 e. The van der Waals surface area contributed by atoms with Crippen molar-refractivity contribution < 1.29 is 23.8 Å². The highest BCUT2D eigenvalue weighted by molar-refractivity contribution is 5.68. The van der Waals surface area contributed by atoms with Crippen molar-refractivity contribution in [3.63, 3.8) is 0 Å². The highest BCUT2D eigenvalue weighted by Crippen LogP contribution is 2.29. The molecule has 7 heteroatoms. The van der Waals surface area contributed by atoms with Gasteiger partial charge in [0.05, 0.1) is 12.1 Å². The molecule has 3 rings (SSSR count). The van der Waals surface area contributed by atoms with E-state index in [0.717, 1.165) is 6.42 Å². The number of aliphatic hydroxyl groups is 1. The lowest BCUT2D eigenvalue weighted by Crippen LogP contribution is -2.53. The number of amides is 1. The molecule has 0 saturated heterocycles. The topological polar surface area (TPSA) is 71.0 Å². The van der Waals surface area contributed by atoms with E-state index >= 15 is 0 Å². The van der Waals surface area contributed by atoms with Gasteiger partial charge in [-0.3, -0.25) is 4.90 Å². The van der Waals surface area contributed by atoms with Gasteiger partial charge in [0, 0.05) is 19.0 Å². The van der Waals surface area contributed by atoms with E-state index in [0.29, 0.717) is 18.7 Å². The van der Waals surface area contributed by atoms with Crippen LogP contribution in [0.3, 0.4) is 0 Å². The minimum absolute atomic E-state index is 0.345. The number of hydrogen-bond acceptors (Lipinski definition) is 5. The predicted molar refractivity (Wildman–Crippen MR) is 121 cm³/mol. The van der Waals surface area contributed by atoms with Crippen molar-refractivity contribution in [1.82, 2.24) is 10.2 Å². The molecule has 1 aliphatic rings. The van der Waals surface area contributed by atoms with Gasteiger partial charge in [0.25, 0.3) is 0 Å². The van der Waals surface area contributed by atoms with Crippen LogP contribution in [0, 0.1) is 5.82 Å². The number of benzene rings is 2. The molecule has 0 bridgehead atoms. The van der Waals surface area contributed by atoms with Crippen LogP contribution in [0.25, 0.3) is 0 Å². The van der Waals surface area contributed by atoms with E-state index in [1.54, 1.807) is 32.9 Å². The summed E-state index contributed by atoms with van der Waals surface area (Å²) in [5.41, 5.74) is 0.559. The Kier molecular flexibility index (Phi) is 7.74. The lowest BCUT2D eigenvalue weighted by atomic mass is 10.1. The number of nitrogens with one attached hydrogen (secondary N) is 1. The van der Waals surface area contributed by atoms with Gasteiger partial charge in [0.1, 0.15) is 29.4 Å². The average Bonchev–Trinajstić information content (AvgIpc) is 3.00. The number of rotatable bonds is 7. The van der Waals surface area contributed by atoms with Gasteiger partial charge in [0.15, 0.2) is 0 Å². The molecule has 1 aliphatic carbocycles. The fourth-order valence-corrected chi connectivity index (χ4v) is 4.09. The number of alkyl carbamates (subject to hydrolysis) is 1. The SMILES string of the molecule is CN(CCc1ccccc1)[C@@H]1[C@@H](O)[C@H](Oc2cccc(F)c2)C[C@H]1NC(=O)OC(C)(C)C. The standard InChI is InChI=1S/C25H33FN2O4/c1-25(2,3)32-24(30)27-20-16-21(31-19-12-8-11-18(26)15-19)23(29)22(20)28(4)14-13-17-9-6-5-7-10-17/h5-12,15,20-23,29H,13-14,16H2,1-4H3,(H,27,30)/t20-,21-,22+,23+/m1/s1. The molecule has 0 aliphatic heterocycles. The molecule has 1 amide bonds. The van der Waals surface area contributed by atoms with Crippen molar-refractivity contribution in [3.05, 3.63) is 66.0 Å². The second-order valence-electron chi connectivity index (χ2n) is 9.30. The van der Waals surface area contributed by atoms with Crippen molar-refractivity contribution in [2.45, 2.75) is 63.5 Å². The monoisotopic (exact) mass is 444 g/mol. The Morgan fingerprint density at radius 1 is 1.19 bits per heavy atom. The van der Waals surface area contributed by atoms with Crippen molar-refractivity contribution in [2.75, 3.05) is 13.6 Å². The number of hydrogen-bond donors (Lipinski definition) is 2. The first-order valence-electron chi connectivity index (χ1n) is 11.0. The average molecular weight is 445 g/mol. The highest BCUT2D eigenvalue weighted by Gasteiger charge is 2.47. The number of halogens is 1. The third-order valence-corrected chi connectivity index (χ3v) is 5.52. The molecule has 0 heterocycles. The lowest BCUT2D eigenvalue weighted by Gasteiger charge is -2.32. The van der Waals surface area contributed by atoms with E-state index < -0.39 is 29.7 Å². The molecule has 0 spiro atoms. The zero-order valence-corrected chi connectivity index (χ0v) is 19.1. The number of carbonyl (C=O) groups is 1. The zero-order valence-electron chi connectivity index (χ0n) is 19.1. The van der Waals surface area contributed by atoms with Gasteiger partial charge in [-0.1, -0.05) is 36.4 Å². The summed E-state index contributed by atoms with van der Waals surface area (Å²) in [6, 6.07) is 15.2. The molecule has 6 nitrogen and oxygen atoms in total. The zero-order chi connectivity index (χ0) is 23.3. The van der Waals surface area contributed by atoms with Crippen molar-refractivity contribution in [1.29, 1.82) is 0 Å². The third-order valence-electron chi connectivity index (χ3n) is 5.52. The van der Waals surface area contributed by atoms with Gasteiger partial charge in [-0.25, -0.2) is 9.18 Å². The Hall–Kier alpha value is -2.64. The molecule has 0 aromatic heterocycles. The van der Waals surface area contributed by atoms with E-state index in [9.17, 15) is 14.3 Å². The first-order valence-corrected chi connectivity index (χ1v) is 11.0. The lowest BCUT2D eigenvalue weighted by molar-refractivity contribution is 0.0131. The van der Waals surface area contributed by atoms with Crippen LogP contribution in [0.4, 0.5) is 9.18 Å². The molecular weight excluding hydrogens is 411 g/mol. The van der Waals surface area contributed by atoms with Crippen LogP contribution >= 0.6 is 0 Å². The predicted octanol–water partition coefficient (Wildman–Crippen LogP) is 3.77. The van der Waals surface area contributed by atoms with Gasteiger partial charge in [-0.15, -0.1) is 0 Å². The maximum absolute atomic E-state index is 13.6. The Morgan fingerprint density at radius 2 is 1.91 bits per heavy atom. The molecule has 174 valence electrons. The van der Waals surface area contributed by atoms with Crippen LogP contribution in [0.1, 0.15) is 32.8 Å². The van der Waals surface area contributed by atoms with Gasteiger partial charge in [-0.2, -0.15) is 0 Å². The van der Waals surface area contributed by atoms with E-state index in [1.165, 1.54) is 17.7 Å². The summed E-state index contributed by atoms with van der Waals surface area (Å²) in [4.78, 5) is 14.5. The summed E-state index contributed by atoms with van der Waals surface area (Å²) in [5, 5.41) is 14.0. The van der Waals surface area contributed by atoms with Gasteiger partial charge >= 0.3 is 6.09 Å². The summed E-state index contributed by atoms with van der Waals surface area (Å²) in [6.45, 7) is 6.09. The number of nitrogens with zero attached hydrogens (tertiary/aromatic N) is 1. The Labute approximate surface area is 189 Å². The summed E-state index contributed by atoms with van der Waals surface area (Å²) in [5.74, 6) is -0.0624. The van der Waals surface area contributed by atoms with Crippen molar-refractivity contribution in [3.8, 4) is 5.75 Å². The highest BCUT2D eigenvalue weighted by atomic mass is 19.1. The number of ether oxygens (including phenoxy) is 2. The Morgan fingerprint density at radius 3 is 2.56 bits per heavy atom. The van der Waals surface area contributed by atoms with Gasteiger partial charge in [0.2, 0.25) is 0 Å². The molecule has 0 unspecified atom stereocenters. The van der Waals surface area contributed by atoms with Crippen molar-refractivity contribution in [2.24, 2.45) is 0 Å². The molecule has 2 aromatic rings. The van der Waals surface area contributed by atoms with Crippen molar-refractivity contribution >= 4 is 6.09 Å². The number of carbonyl (C=O) groups excluding carboxylic acids is 1. The summed E-state index contributed by atoms with van der Waals surface area (Å²) in [6.07, 6.45) is -0.839. The van der Waals surface area contributed by atoms with Gasteiger partial charge < -0.3 is 19.9 Å². The van der Waals surface area contributed by atoms with Crippen LogP contribution in [-0.2, 0) is 11.2 Å². The van der Waals surface area contributed by atoms with Crippen LogP contribution in [0.2, 0.25) is 0 Å². The molecule has 2 aromatic carbocycles. The summed E-state index contributed by atoms with van der Waals surface area (Å²) >= 11 is 0. The molecule has 2 N–H and O–H groups in total. The molecule has 0 radical (unpaired) electrons. The van der Waals surface area contributed by atoms with E-state index in [-0.39, 0.29) is 12.1 Å². The first-order chi connectivity index (χ1) is 15.1. The normalized spacial score (nSPS) is 23.2. The van der Waals surface area contributed by atoms with Crippen LogP contribution in [0.5, 0.6) is 5.75 Å². The molecule has 1 fully saturated rings. The first kappa shape index (κ1) is 24.0. The van der Waals surface area contributed by atoms with E-state index in [2.05, 4.69) is 17.4 Å². The van der Waals surface area contributed by atoms with Crippen LogP contribution < -0.4 is 10.1 Å². The Bertz CT molecular complexity index is 887. The maximum Gasteiger partial charge on any atom is 0.407 e. The largest absolute Gasteiger partial charge is 0.487 e. The smallest absolute Gasteiger partial charge is 0.407 e. The fraction of sp³-hybridized carbons (Fsp3) is 0.480. The number of likely N-dealkylation sites (N-methyl/N-ethyl adjacent to an activating group) is 1. The molecule has 1 saturated carbocycles. The maximum atomic E-state index is 13.6.